The standard InChI is InChI=1S/C21H29NO4/c1-21(2,3)26-20(24)22-13-9-5-8-12-18(19(22)14-23)16-25-15-17-10-6-4-7-11-17/h4-8,10-11,14,18-19H,9,12-13,15-16H2,1-3H3/b8-5-/t18-,19+/m0/s1. The molecule has 0 saturated carbocycles. The minimum Gasteiger partial charge on any atom is -0.444 e. The molecule has 142 valence electrons. The zero-order chi connectivity index (χ0) is 19.0. The van der Waals surface area contributed by atoms with Gasteiger partial charge in [0.2, 0.25) is 0 Å². The molecule has 0 radical (unpaired) electrons. The second-order valence-corrected chi connectivity index (χ2v) is 7.56. The molecule has 0 bridgehead atoms. The smallest absolute Gasteiger partial charge is 0.410 e. The molecule has 1 aliphatic heterocycles. The van der Waals surface area contributed by atoms with E-state index < -0.39 is 17.7 Å². The molecule has 0 unspecified atom stereocenters. The van der Waals surface area contributed by atoms with Gasteiger partial charge in [-0.25, -0.2) is 4.79 Å². The number of allylic oxidation sites excluding steroid dienone is 1. The highest BCUT2D eigenvalue weighted by Crippen LogP contribution is 2.22. The number of ether oxygens (including phenoxy) is 2. The summed E-state index contributed by atoms with van der Waals surface area (Å²) < 4.78 is 11.3. The van der Waals surface area contributed by atoms with Crippen LogP contribution in [0.4, 0.5) is 4.79 Å². The third-order valence-electron chi connectivity index (χ3n) is 4.20. The topological polar surface area (TPSA) is 55.8 Å². The lowest BCUT2D eigenvalue weighted by Crippen LogP contribution is -2.49. The first kappa shape index (κ1) is 20.2. The molecule has 1 aromatic carbocycles. The van der Waals surface area contributed by atoms with E-state index in [0.717, 1.165) is 11.8 Å². The monoisotopic (exact) mass is 359 g/mol. The number of hydrogen-bond acceptors (Lipinski definition) is 4. The maximum absolute atomic E-state index is 12.6. The van der Waals surface area contributed by atoms with Crippen LogP contribution in [-0.2, 0) is 20.9 Å². The van der Waals surface area contributed by atoms with Crippen LogP contribution >= 0.6 is 0 Å². The Bertz CT molecular complexity index is 606. The first-order valence-electron chi connectivity index (χ1n) is 9.12. The fraction of sp³-hybridized carbons (Fsp3) is 0.524. The predicted octanol–water partition coefficient (Wildman–Crippen LogP) is 3.97. The summed E-state index contributed by atoms with van der Waals surface area (Å²) in [5.74, 6) is -0.0970. The number of nitrogens with zero attached hydrogens (tertiary/aromatic N) is 1. The summed E-state index contributed by atoms with van der Waals surface area (Å²) in [6.07, 6.45) is 5.92. The van der Waals surface area contributed by atoms with Crippen molar-refractivity contribution >= 4 is 12.4 Å². The molecule has 1 heterocycles. The zero-order valence-corrected chi connectivity index (χ0v) is 15.9. The number of amides is 1. The van der Waals surface area contributed by atoms with Gasteiger partial charge in [-0.2, -0.15) is 0 Å². The number of hydrogen-bond donors (Lipinski definition) is 0. The van der Waals surface area contributed by atoms with Crippen molar-refractivity contribution in [2.45, 2.75) is 51.9 Å². The summed E-state index contributed by atoms with van der Waals surface area (Å²) in [4.78, 5) is 25.9. The van der Waals surface area contributed by atoms with Crippen molar-refractivity contribution in [2.75, 3.05) is 13.2 Å². The first-order chi connectivity index (χ1) is 12.4. The van der Waals surface area contributed by atoms with E-state index in [-0.39, 0.29) is 5.92 Å². The van der Waals surface area contributed by atoms with Crippen LogP contribution in [0.3, 0.4) is 0 Å². The Morgan fingerprint density at radius 3 is 2.62 bits per heavy atom. The Labute approximate surface area is 156 Å². The number of rotatable bonds is 5. The fourth-order valence-corrected chi connectivity index (χ4v) is 2.93. The van der Waals surface area contributed by atoms with Crippen LogP contribution in [0.15, 0.2) is 42.5 Å². The fourth-order valence-electron chi connectivity index (χ4n) is 2.93. The molecule has 0 N–H and O–H groups in total. The lowest BCUT2D eigenvalue weighted by atomic mass is 9.94. The first-order valence-corrected chi connectivity index (χ1v) is 9.12. The van der Waals surface area contributed by atoms with E-state index in [4.69, 9.17) is 9.47 Å². The Hall–Kier alpha value is -2.14. The third kappa shape index (κ3) is 6.30. The molecular formula is C21H29NO4. The summed E-state index contributed by atoms with van der Waals surface area (Å²) in [5, 5.41) is 0. The molecule has 0 aromatic heterocycles. The van der Waals surface area contributed by atoms with Crippen molar-refractivity contribution in [1.29, 1.82) is 0 Å². The van der Waals surface area contributed by atoms with Crippen molar-refractivity contribution in [1.82, 2.24) is 4.90 Å². The summed E-state index contributed by atoms with van der Waals surface area (Å²) in [7, 11) is 0. The Morgan fingerprint density at radius 1 is 1.23 bits per heavy atom. The number of aldehydes is 1. The van der Waals surface area contributed by atoms with Gasteiger partial charge in [-0.15, -0.1) is 0 Å². The van der Waals surface area contributed by atoms with Crippen molar-refractivity contribution in [3.8, 4) is 0 Å². The van der Waals surface area contributed by atoms with Gasteiger partial charge in [0.05, 0.1) is 19.3 Å². The summed E-state index contributed by atoms with van der Waals surface area (Å²) in [6.45, 7) is 6.83. The van der Waals surface area contributed by atoms with Crippen LogP contribution in [0.25, 0.3) is 0 Å². The van der Waals surface area contributed by atoms with Crippen molar-refractivity contribution in [3.05, 3.63) is 48.0 Å². The van der Waals surface area contributed by atoms with Crippen molar-refractivity contribution in [3.63, 3.8) is 0 Å². The van der Waals surface area contributed by atoms with Crippen LogP contribution in [0.5, 0.6) is 0 Å². The average Bonchev–Trinajstić information content (AvgIpc) is 2.56. The van der Waals surface area contributed by atoms with E-state index in [0.29, 0.717) is 32.6 Å². The van der Waals surface area contributed by atoms with Gasteiger partial charge >= 0.3 is 6.09 Å². The molecule has 0 fully saturated rings. The van der Waals surface area contributed by atoms with Crippen LogP contribution in [0.1, 0.15) is 39.2 Å². The van der Waals surface area contributed by atoms with Gasteiger partial charge in [0, 0.05) is 12.5 Å². The van der Waals surface area contributed by atoms with Crippen molar-refractivity contribution in [2.24, 2.45) is 5.92 Å². The van der Waals surface area contributed by atoms with Gasteiger partial charge in [-0.3, -0.25) is 4.90 Å². The Balaban J connectivity index is 2.04. The van der Waals surface area contributed by atoms with Crippen LogP contribution < -0.4 is 0 Å². The molecule has 5 nitrogen and oxygen atoms in total. The number of carbonyl (C=O) groups excluding carboxylic acids is 2. The third-order valence-corrected chi connectivity index (χ3v) is 4.20. The highest BCUT2D eigenvalue weighted by Gasteiger charge is 2.33. The lowest BCUT2D eigenvalue weighted by molar-refractivity contribution is -0.115. The number of carbonyl (C=O) groups is 2. The van der Waals surface area contributed by atoms with Gasteiger partial charge in [0.1, 0.15) is 11.9 Å². The van der Waals surface area contributed by atoms with Crippen LogP contribution in [0.2, 0.25) is 0 Å². The van der Waals surface area contributed by atoms with Gasteiger partial charge in [-0.05, 0) is 39.2 Å². The molecule has 1 amide bonds. The molecule has 2 atom stereocenters. The van der Waals surface area contributed by atoms with E-state index in [1.807, 2.05) is 57.2 Å². The summed E-state index contributed by atoms with van der Waals surface area (Å²) in [6, 6.07) is 9.35. The molecule has 26 heavy (non-hydrogen) atoms. The molecular weight excluding hydrogens is 330 g/mol. The van der Waals surface area contributed by atoms with E-state index in [2.05, 4.69) is 6.08 Å². The zero-order valence-electron chi connectivity index (χ0n) is 15.9. The van der Waals surface area contributed by atoms with E-state index in [1.165, 1.54) is 4.90 Å². The predicted molar refractivity (Wildman–Crippen MR) is 101 cm³/mol. The SMILES string of the molecule is CC(C)(C)OC(=O)N1CC/C=C\C[C@@H](COCc2ccccc2)[C@H]1C=O. The van der Waals surface area contributed by atoms with Crippen LogP contribution in [-0.4, -0.2) is 42.1 Å². The van der Waals surface area contributed by atoms with E-state index in [1.54, 1.807) is 0 Å². The number of benzene rings is 1. The van der Waals surface area contributed by atoms with Gasteiger partial charge in [0.15, 0.2) is 0 Å². The van der Waals surface area contributed by atoms with Crippen LogP contribution in [0, 0.1) is 5.92 Å². The van der Waals surface area contributed by atoms with Gasteiger partial charge < -0.3 is 14.3 Å². The minimum atomic E-state index is -0.595. The second-order valence-electron chi connectivity index (χ2n) is 7.56. The maximum Gasteiger partial charge on any atom is 0.410 e. The average molecular weight is 359 g/mol. The Kier molecular flexibility index (Phi) is 7.39. The summed E-state index contributed by atoms with van der Waals surface area (Å²) >= 11 is 0. The van der Waals surface area contributed by atoms with Crippen molar-refractivity contribution < 1.29 is 19.1 Å². The molecule has 0 saturated heterocycles. The highest BCUT2D eigenvalue weighted by molar-refractivity contribution is 5.74. The highest BCUT2D eigenvalue weighted by atomic mass is 16.6. The quantitative estimate of drug-likeness (QED) is 0.589. The normalized spacial score (nSPS) is 22.2. The minimum absolute atomic E-state index is 0.0970. The molecule has 0 aliphatic carbocycles. The largest absolute Gasteiger partial charge is 0.444 e. The van der Waals surface area contributed by atoms with E-state index >= 15 is 0 Å². The maximum atomic E-state index is 12.6. The summed E-state index contributed by atoms with van der Waals surface area (Å²) in [5.41, 5.74) is 0.489. The molecule has 5 heteroatoms. The Morgan fingerprint density at radius 2 is 1.96 bits per heavy atom. The second kappa shape index (κ2) is 9.53. The van der Waals surface area contributed by atoms with E-state index in [9.17, 15) is 9.59 Å². The molecule has 0 spiro atoms. The molecule has 2 rings (SSSR count). The molecule has 1 aromatic rings. The molecule has 1 aliphatic rings. The van der Waals surface area contributed by atoms with Gasteiger partial charge in [-0.1, -0.05) is 42.5 Å². The van der Waals surface area contributed by atoms with Gasteiger partial charge in [0.25, 0.3) is 0 Å². The lowest BCUT2D eigenvalue weighted by Gasteiger charge is -2.35.